The molecule has 102 valence electrons. The van der Waals surface area contributed by atoms with Crippen molar-refractivity contribution in [3.8, 4) is 11.4 Å². The van der Waals surface area contributed by atoms with E-state index in [2.05, 4.69) is 22.0 Å². The topological polar surface area (TPSA) is 69.6 Å². The maximum atomic E-state index is 5.68. The Balaban J connectivity index is 1.81. The molecule has 0 bridgehead atoms. The lowest BCUT2D eigenvalue weighted by Crippen LogP contribution is -2.00. The third-order valence-electron chi connectivity index (χ3n) is 3.08. The fourth-order valence-corrected chi connectivity index (χ4v) is 2.81. The van der Waals surface area contributed by atoms with E-state index in [9.17, 15) is 0 Å². The molecule has 2 heterocycles. The van der Waals surface area contributed by atoms with E-state index in [0.29, 0.717) is 12.4 Å². The van der Waals surface area contributed by atoms with Gasteiger partial charge in [-0.3, -0.25) is 0 Å². The number of rotatable bonds is 3. The lowest BCUT2D eigenvalue weighted by atomic mass is 10.2. The van der Waals surface area contributed by atoms with E-state index in [0.717, 1.165) is 22.0 Å². The van der Waals surface area contributed by atoms with Crippen LogP contribution in [0.25, 0.3) is 11.4 Å². The summed E-state index contributed by atoms with van der Waals surface area (Å²) in [5, 5.41) is 5.53. The molecule has 0 aliphatic carbocycles. The quantitative estimate of drug-likeness (QED) is 0.751. The monoisotopic (exact) mass is 285 g/mol. The maximum absolute atomic E-state index is 5.68. The van der Waals surface area contributed by atoms with Crippen molar-refractivity contribution in [1.82, 2.24) is 19.7 Å². The molecule has 0 aliphatic rings. The molecule has 0 unspecified atom stereocenters. The minimum Gasteiger partial charge on any atom is -0.399 e. The molecule has 3 rings (SSSR count). The molecule has 0 saturated heterocycles. The van der Waals surface area contributed by atoms with Gasteiger partial charge in [-0.25, -0.2) is 14.6 Å². The lowest BCUT2D eigenvalue weighted by Gasteiger charge is -1.97. The second kappa shape index (κ2) is 5.05. The zero-order valence-electron chi connectivity index (χ0n) is 11.4. The van der Waals surface area contributed by atoms with Crippen LogP contribution in [0.5, 0.6) is 0 Å². The molecule has 0 saturated carbocycles. The molecule has 0 spiro atoms. The van der Waals surface area contributed by atoms with Gasteiger partial charge in [-0.05, 0) is 38.1 Å². The number of aryl methyl sites for hydroxylation is 2. The van der Waals surface area contributed by atoms with Gasteiger partial charge in [0, 0.05) is 16.1 Å². The van der Waals surface area contributed by atoms with Gasteiger partial charge in [0.2, 0.25) is 0 Å². The summed E-state index contributed by atoms with van der Waals surface area (Å²) in [5.74, 6) is 0.704. The summed E-state index contributed by atoms with van der Waals surface area (Å²) in [7, 11) is 0. The number of nitrogens with zero attached hydrogens (tertiary/aromatic N) is 4. The summed E-state index contributed by atoms with van der Waals surface area (Å²) in [6.07, 6.45) is 1.73. The molecular formula is C14H15N5S. The van der Waals surface area contributed by atoms with Crippen LogP contribution in [-0.2, 0) is 6.54 Å². The van der Waals surface area contributed by atoms with Crippen molar-refractivity contribution in [2.75, 3.05) is 5.73 Å². The zero-order chi connectivity index (χ0) is 14.1. The molecule has 20 heavy (non-hydrogen) atoms. The first-order chi connectivity index (χ1) is 9.61. The normalized spacial score (nSPS) is 10.9. The molecule has 0 atom stereocenters. The molecule has 2 N–H and O–H groups in total. The van der Waals surface area contributed by atoms with Gasteiger partial charge in [0.25, 0.3) is 0 Å². The molecular weight excluding hydrogens is 270 g/mol. The minimum atomic E-state index is 0.654. The van der Waals surface area contributed by atoms with E-state index in [-0.39, 0.29) is 0 Å². The Hall–Kier alpha value is -2.21. The number of benzene rings is 1. The summed E-state index contributed by atoms with van der Waals surface area (Å²) in [5.41, 5.74) is 8.46. The molecule has 0 aliphatic heterocycles. The molecule has 5 nitrogen and oxygen atoms in total. The van der Waals surface area contributed by atoms with E-state index in [1.54, 1.807) is 17.7 Å². The lowest BCUT2D eigenvalue weighted by molar-refractivity contribution is 0.682. The Morgan fingerprint density at radius 2 is 1.95 bits per heavy atom. The molecule has 0 radical (unpaired) electrons. The van der Waals surface area contributed by atoms with Crippen LogP contribution in [0.4, 0.5) is 5.69 Å². The first-order valence-electron chi connectivity index (χ1n) is 6.30. The maximum Gasteiger partial charge on any atom is 0.181 e. The van der Waals surface area contributed by atoms with Crippen molar-refractivity contribution in [3.05, 3.63) is 46.2 Å². The van der Waals surface area contributed by atoms with Crippen LogP contribution in [0.1, 0.15) is 15.6 Å². The number of nitrogen functional groups attached to an aromatic ring is 1. The Bertz CT molecular complexity index is 707. The van der Waals surface area contributed by atoms with E-state index in [1.807, 2.05) is 35.9 Å². The highest BCUT2D eigenvalue weighted by Crippen LogP contribution is 2.19. The average Bonchev–Trinajstić information content (AvgIpc) is 2.99. The summed E-state index contributed by atoms with van der Waals surface area (Å²) >= 11 is 1.70. The highest BCUT2D eigenvalue weighted by Gasteiger charge is 2.07. The zero-order valence-corrected chi connectivity index (χ0v) is 12.2. The van der Waals surface area contributed by atoms with Crippen molar-refractivity contribution < 1.29 is 0 Å². The molecule has 1 aromatic carbocycles. The predicted molar refractivity (Wildman–Crippen MR) is 80.6 cm³/mol. The third kappa shape index (κ3) is 2.55. The van der Waals surface area contributed by atoms with Crippen molar-refractivity contribution in [2.24, 2.45) is 0 Å². The Morgan fingerprint density at radius 3 is 2.60 bits per heavy atom. The Morgan fingerprint density at radius 1 is 1.20 bits per heavy atom. The Labute approximate surface area is 121 Å². The number of hydrogen-bond donors (Lipinski definition) is 1. The van der Waals surface area contributed by atoms with Gasteiger partial charge < -0.3 is 5.73 Å². The summed E-state index contributed by atoms with van der Waals surface area (Å²) in [6.45, 7) is 4.76. The van der Waals surface area contributed by atoms with E-state index in [1.165, 1.54) is 4.88 Å². The number of anilines is 1. The van der Waals surface area contributed by atoms with E-state index >= 15 is 0 Å². The number of aromatic nitrogens is 4. The number of hydrogen-bond acceptors (Lipinski definition) is 5. The minimum absolute atomic E-state index is 0.654. The molecule has 0 amide bonds. The largest absolute Gasteiger partial charge is 0.399 e. The second-order valence-electron chi connectivity index (χ2n) is 4.64. The van der Waals surface area contributed by atoms with Crippen molar-refractivity contribution >= 4 is 17.0 Å². The average molecular weight is 285 g/mol. The predicted octanol–water partition coefficient (Wildman–Crippen LogP) is 2.65. The van der Waals surface area contributed by atoms with Gasteiger partial charge in [0.15, 0.2) is 5.82 Å². The van der Waals surface area contributed by atoms with Gasteiger partial charge in [0.1, 0.15) is 11.3 Å². The van der Waals surface area contributed by atoms with Crippen LogP contribution in [0.3, 0.4) is 0 Å². The van der Waals surface area contributed by atoms with Gasteiger partial charge in [-0.2, -0.15) is 5.10 Å². The van der Waals surface area contributed by atoms with Crippen LogP contribution in [0.2, 0.25) is 0 Å². The summed E-state index contributed by atoms with van der Waals surface area (Å²) in [6, 6.07) is 7.55. The van der Waals surface area contributed by atoms with Gasteiger partial charge in [0.05, 0.1) is 12.2 Å². The molecule has 0 fully saturated rings. The van der Waals surface area contributed by atoms with Crippen LogP contribution < -0.4 is 5.73 Å². The summed E-state index contributed by atoms with van der Waals surface area (Å²) < 4.78 is 1.81. The fraction of sp³-hybridized carbons (Fsp3) is 0.214. The SMILES string of the molecule is Cc1nc(Cn2cnc(-c3ccc(N)cc3)n2)sc1C. The van der Waals surface area contributed by atoms with Crippen molar-refractivity contribution in [3.63, 3.8) is 0 Å². The van der Waals surface area contributed by atoms with Crippen molar-refractivity contribution in [2.45, 2.75) is 20.4 Å². The van der Waals surface area contributed by atoms with Crippen molar-refractivity contribution in [1.29, 1.82) is 0 Å². The fourth-order valence-electron chi connectivity index (χ4n) is 1.88. The Kier molecular flexibility index (Phi) is 3.23. The van der Waals surface area contributed by atoms with E-state index in [4.69, 9.17) is 5.73 Å². The first kappa shape index (κ1) is 12.8. The standard InChI is InChI=1S/C14H15N5S/c1-9-10(2)20-13(17-9)7-19-8-16-14(18-19)11-3-5-12(15)6-4-11/h3-6,8H,7,15H2,1-2H3. The van der Waals surface area contributed by atoms with E-state index < -0.39 is 0 Å². The first-order valence-corrected chi connectivity index (χ1v) is 7.12. The van der Waals surface area contributed by atoms with Crippen LogP contribution >= 0.6 is 11.3 Å². The van der Waals surface area contributed by atoms with Gasteiger partial charge in [-0.15, -0.1) is 11.3 Å². The highest BCUT2D eigenvalue weighted by atomic mass is 32.1. The van der Waals surface area contributed by atoms with Crippen LogP contribution in [0.15, 0.2) is 30.6 Å². The third-order valence-corrected chi connectivity index (χ3v) is 4.13. The van der Waals surface area contributed by atoms with Crippen LogP contribution in [0, 0.1) is 13.8 Å². The van der Waals surface area contributed by atoms with Gasteiger partial charge in [-0.1, -0.05) is 0 Å². The summed E-state index contributed by atoms with van der Waals surface area (Å²) in [4.78, 5) is 10.1. The second-order valence-corrected chi connectivity index (χ2v) is 5.92. The molecule has 2 aromatic heterocycles. The number of thiazole rings is 1. The molecule has 3 aromatic rings. The number of nitrogens with two attached hydrogens (primary N) is 1. The smallest absolute Gasteiger partial charge is 0.181 e. The highest BCUT2D eigenvalue weighted by molar-refractivity contribution is 7.11. The van der Waals surface area contributed by atoms with Crippen LogP contribution in [-0.4, -0.2) is 19.7 Å². The molecule has 6 heteroatoms. The van der Waals surface area contributed by atoms with Gasteiger partial charge >= 0.3 is 0 Å².